The lowest BCUT2D eigenvalue weighted by Crippen LogP contribution is -2.34. The van der Waals surface area contributed by atoms with Gasteiger partial charge in [0.05, 0.1) is 24.7 Å². The number of carbonyl (C=O) groups is 1. The first-order valence-electron chi connectivity index (χ1n) is 11.4. The van der Waals surface area contributed by atoms with E-state index >= 15 is 0 Å². The SMILES string of the molecule is COC(=O)N(Cc1cc(C)cc(C(F)(F)F)c1)Cc1cc2ccccc2nc1N1CCCCC1. The summed E-state index contributed by atoms with van der Waals surface area (Å²) in [4.78, 5) is 21.2. The Morgan fingerprint density at radius 3 is 2.50 bits per heavy atom. The number of hydrogen-bond acceptors (Lipinski definition) is 4. The Balaban J connectivity index is 1.71. The Morgan fingerprint density at radius 1 is 1.06 bits per heavy atom. The van der Waals surface area contributed by atoms with Gasteiger partial charge in [-0.1, -0.05) is 29.8 Å². The van der Waals surface area contributed by atoms with Crippen LogP contribution < -0.4 is 4.90 Å². The van der Waals surface area contributed by atoms with Crippen LogP contribution in [0.1, 0.15) is 41.5 Å². The van der Waals surface area contributed by atoms with E-state index in [1.807, 2.05) is 30.3 Å². The summed E-state index contributed by atoms with van der Waals surface area (Å²) in [6, 6.07) is 13.7. The summed E-state index contributed by atoms with van der Waals surface area (Å²) in [5, 5.41) is 0.943. The summed E-state index contributed by atoms with van der Waals surface area (Å²) in [6.45, 7) is 3.53. The number of anilines is 1. The Morgan fingerprint density at radius 2 is 1.79 bits per heavy atom. The zero-order chi connectivity index (χ0) is 24.3. The van der Waals surface area contributed by atoms with Gasteiger partial charge >= 0.3 is 12.3 Å². The van der Waals surface area contributed by atoms with Gasteiger partial charge in [0.15, 0.2) is 0 Å². The van der Waals surface area contributed by atoms with Gasteiger partial charge in [-0.15, -0.1) is 0 Å². The molecule has 0 N–H and O–H groups in total. The average molecular weight is 472 g/mol. The zero-order valence-electron chi connectivity index (χ0n) is 19.4. The molecule has 4 rings (SSSR count). The van der Waals surface area contributed by atoms with Gasteiger partial charge in [-0.2, -0.15) is 13.2 Å². The molecule has 0 aliphatic carbocycles. The summed E-state index contributed by atoms with van der Waals surface area (Å²) in [7, 11) is 1.27. The predicted molar refractivity (Wildman–Crippen MR) is 126 cm³/mol. The van der Waals surface area contributed by atoms with Gasteiger partial charge in [-0.05, 0) is 56.0 Å². The molecule has 0 unspecified atom stereocenters. The number of methoxy groups -OCH3 is 1. The second-order valence-electron chi connectivity index (χ2n) is 8.74. The van der Waals surface area contributed by atoms with Crippen LogP contribution in [-0.4, -0.2) is 36.2 Å². The zero-order valence-corrected chi connectivity index (χ0v) is 19.4. The van der Waals surface area contributed by atoms with Gasteiger partial charge < -0.3 is 9.64 Å². The van der Waals surface area contributed by atoms with E-state index in [0.717, 1.165) is 60.3 Å². The van der Waals surface area contributed by atoms with E-state index in [2.05, 4.69) is 4.90 Å². The van der Waals surface area contributed by atoms with Gasteiger partial charge in [-0.3, -0.25) is 4.90 Å². The molecule has 2 heterocycles. The van der Waals surface area contributed by atoms with Crippen molar-refractivity contribution in [2.75, 3.05) is 25.1 Å². The number of para-hydroxylation sites is 1. The van der Waals surface area contributed by atoms with Crippen molar-refractivity contribution in [2.24, 2.45) is 0 Å². The van der Waals surface area contributed by atoms with Crippen LogP contribution in [0.25, 0.3) is 10.9 Å². The normalized spacial score (nSPS) is 14.3. The minimum absolute atomic E-state index is 0.0102. The van der Waals surface area contributed by atoms with Crippen LogP contribution in [0.3, 0.4) is 0 Å². The molecule has 1 aliphatic heterocycles. The number of amides is 1. The molecule has 0 radical (unpaired) electrons. The van der Waals surface area contributed by atoms with Crippen LogP contribution in [0, 0.1) is 6.92 Å². The average Bonchev–Trinajstić information content (AvgIpc) is 2.82. The maximum atomic E-state index is 13.3. The number of piperidine rings is 1. The first-order chi connectivity index (χ1) is 16.2. The van der Waals surface area contributed by atoms with E-state index in [1.54, 1.807) is 13.0 Å². The van der Waals surface area contributed by atoms with E-state index in [1.165, 1.54) is 18.4 Å². The predicted octanol–water partition coefficient (Wildman–Crippen LogP) is 6.32. The van der Waals surface area contributed by atoms with Crippen molar-refractivity contribution in [1.82, 2.24) is 9.88 Å². The van der Waals surface area contributed by atoms with Crippen molar-refractivity contribution in [3.8, 4) is 0 Å². The summed E-state index contributed by atoms with van der Waals surface area (Å²) in [5.41, 5.74) is 1.86. The minimum atomic E-state index is -4.46. The molecule has 180 valence electrons. The number of halogens is 3. The fourth-order valence-corrected chi connectivity index (χ4v) is 4.50. The Hall–Kier alpha value is -3.29. The van der Waals surface area contributed by atoms with Gasteiger partial charge in [0.2, 0.25) is 0 Å². The summed E-state index contributed by atoms with van der Waals surface area (Å²) in [6.07, 6.45) is -1.76. The van der Waals surface area contributed by atoms with Crippen molar-refractivity contribution in [2.45, 2.75) is 45.5 Å². The molecule has 1 saturated heterocycles. The highest BCUT2D eigenvalue weighted by Gasteiger charge is 2.31. The van der Waals surface area contributed by atoms with E-state index in [4.69, 9.17) is 9.72 Å². The van der Waals surface area contributed by atoms with Gasteiger partial charge in [-0.25, -0.2) is 9.78 Å². The molecular formula is C26H28F3N3O2. The Bertz CT molecular complexity index is 1170. The molecule has 0 saturated carbocycles. The largest absolute Gasteiger partial charge is 0.453 e. The maximum absolute atomic E-state index is 13.3. The van der Waals surface area contributed by atoms with Gasteiger partial charge in [0.1, 0.15) is 5.82 Å². The fraction of sp³-hybridized carbons (Fsp3) is 0.385. The second-order valence-corrected chi connectivity index (χ2v) is 8.74. The molecule has 34 heavy (non-hydrogen) atoms. The van der Waals surface area contributed by atoms with Crippen molar-refractivity contribution in [3.63, 3.8) is 0 Å². The number of alkyl halides is 3. The number of hydrogen-bond donors (Lipinski definition) is 0. The summed E-state index contributed by atoms with van der Waals surface area (Å²) < 4.78 is 45.0. The second kappa shape index (κ2) is 9.91. The Labute approximate surface area is 197 Å². The number of aromatic nitrogens is 1. The van der Waals surface area contributed by atoms with Crippen LogP contribution >= 0.6 is 0 Å². The molecule has 5 nitrogen and oxygen atoms in total. The Kier molecular flexibility index (Phi) is 6.95. The van der Waals surface area contributed by atoms with E-state index in [0.29, 0.717) is 11.1 Å². The molecular weight excluding hydrogens is 443 g/mol. The maximum Gasteiger partial charge on any atom is 0.416 e. The highest BCUT2D eigenvalue weighted by molar-refractivity contribution is 5.82. The van der Waals surface area contributed by atoms with Crippen LogP contribution in [0.4, 0.5) is 23.8 Å². The van der Waals surface area contributed by atoms with Gasteiger partial charge in [0, 0.05) is 30.6 Å². The molecule has 1 aromatic heterocycles. The van der Waals surface area contributed by atoms with Crippen molar-refractivity contribution in [3.05, 3.63) is 70.8 Å². The number of aryl methyl sites for hydroxylation is 1. The summed E-state index contributed by atoms with van der Waals surface area (Å²) in [5.74, 6) is 0.813. The van der Waals surface area contributed by atoms with Crippen LogP contribution in [0.5, 0.6) is 0 Å². The number of rotatable bonds is 5. The van der Waals surface area contributed by atoms with E-state index in [9.17, 15) is 18.0 Å². The highest BCUT2D eigenvalue weighted by atomic mass is 19.4. The lowest BCUT2D eigenvalue weighted by molar-refractivity contribution is -0.137. The molecule has 0 spiro atoms. The highest BCUT2D eigenvalue weighted by Crippen LogP contribution is 2.32. The van der Waals surface area contributed by atoms with E-state index < -0.39 is 17.8 Å². The summed E-state index contributed by atoms with van der Waals surface area (Å²) >= 11 is 0. The molecule has 2 aromatic carbocycles. The molecule has 1 fully saturated rings. The third-order valence-corrected chi connectivity index (χ3v) is 6.07. The molecule has 1 aliphatic rings. The lowest BCUT2D eigenvalue weighted by atomic mass is 10.0. The third kappa shape index (κ3) is 5.43. The van der Waals surface area contributed by atoms with Crippen molar-refractivity contribution in [1.29, 1.82) is 0 Å². The van der Waals surface area contributed by atoms with Crippen molar-refractivity contribution < 1.29 is 22.7 Å². The number of pyridine rings is 1. The molecule has 3 aromatic rings. The van der Waals surface area contributed by atoms with Crippen LogP contribution in [-0.2, 0) is 24.0 Å². The monoisotopic (exact) mass is 471 g/mol. The fourth-order valence-electron chi connectivity index (χ4n) is 4.50. The number of benzene rings is 2. The number of ether oxygens (including phenoxy) is 1. The van der Waals surface area contributed by atoms with Crippen molar-refractivity contribution >= 4 is 22.8 Å². The number of nitrogens with zero attached hydrogens (tertiary/aromatic N) is 3. The van der Waals surface area contributed by atoms with E-state index in [-0.39, 0.29) is 13.1 Å². The number of carbonyl (C=O) groups excluding carboxylic acids is 1. The molecule has 0 atom stereocenters. The van der Waals surface area contributed by atoms with Gasteiger partial charge in [0.25, 0.3) is 0 Å². The smallest absolute Gasteiger partial charge is 0.416 e. The third-order valence-electron chi connectivity index (χ3n) is 6.07. The topological polar surface area (TPSA) is 45.7 Å². The lowest BCUT2D eigenvalue weighted by Gasteiger charge is -2.31. The van der Waals surface area contributed by atoms with Crippen LogP contribution in [0.15, 0.2) is 48.5 Å². The quantitative estimate of drug-likeness (QED) is 0.437. The molecule has 0 bridgehead atoms. The first kappa shape index (κ1) is 23.9. The first-order valence-corrected chi connectivity index (χ1v) is 11.4. The van der Waals surface area contributed by atoms with Crippen LogP contribution in [0.2, 0.25) is 0 Å². The molecule has 1 amide bonds. The minimum Gasteiger partial charge on any atom is -0.453 e. The number of fused-ring (bicyclic) bond motifs is 1. The molecule has 8 heteroatoms. The standard InChI is InChI=1S/C26H28F3N3O2/c1-18-12-19(14-22(13-18)26(27,28)29)16-32(25(33)34-2)17-21-15-20-8-4-5-9-23(20)30-24(21)31-10-6-3-7-11-31/h4-5,8-9,12-15H,3,6-7,10-11,16-17H2,1-2H3.